The van der Waals surface area contributed by atoms with E-state index in [0.29, 0.717) is 48.1 Å². The SMILES string of the molecule is COc1ccc(C(=O)N2CCN(Cc3ccnc(-c4cc(OC)c(OC)c(OC)c4)c3)CC2)cc1.O=C(O)/C=C\C(=O)O. The molecular weight excluding hydrogens is 558 g/mol. The molecule has 1 fully saturated rings. The fourth-order valence-electron chi connectivity index (χ4n) is 4.39. The highest BCUT2D eigenvalue weighted by Gasteiger charge is 2.22. The predicted octanol–water partition coefficient (Wildman–Crippen LogP) is 3.45. The molecule has 4 rings (SSSR count). The van der Waals surface area contributed by atoms with Crippen molar-refractivity contribution in [1.82, 2.24) is 14.8 Å². The summed E-state index contributed by atoms with van der Waals surface area (Å²) in [7, 11) is 6.41. The zero-order chi connectivity index (χ0) is 31.4. The molecule has 2 N–H and O–H groups in total. The van der Waals surface area contributed by atoms with Crippen LogP contribution in [0, 0.1) is 0 Å². The number of piperazine rings is 1. The minimum absolute atomic E-state index is 0.0564. The van der Waals surface area contributed by atoms with Gasteiger partial charge in [0.2, 0.25) is 5.75 Å². The third-order valence-electron chi connectivity index (χ3n) is 6.56. The van der Waals surface area contributed by atoms with Crippen LogP contribution >= 0.6 is 0 Å². The first-order chi connectivity index (χ1) is 20.7. The summed E-state index contributed by atoms with van der Waals surface area (Å²) in [6.07, 6.45) is 2.93. The quantitative estimate of drug-likeness (QED) is 0.333. The van der Waals surface area contributed by atoms with Crippen LogP contribution in [0.2, 0.25) is 0 Å². The van der Waals surface area contributed by atoms with Gasteiger partial charge in [-0.05, 0) is 54.1 Å². The molecule has 1 saturated heterocycles. The van der Waals surface area contributed by atoms with E-state index in [1.807, 2.05) is 53.6 Å². The number of carboxylic acids is 2. The van der Waals surface area contributed by atoms with E-state index < -0.39 is 11.9 Å². The molecule has 43 heavy (non-hydrogen) atoms. The van der Waals surface area contributed by atoms with Crippen LogP contribution in [0.4, 0.5) is 0 Å². The maximum absolute atomic E-state index is 12.8. The van der Waals surface area contributed by atoms with Crippen molar-refractivity contribution in [3.05, 3.63) is 78.0 Å². The first kappa shape index (κ1) is 32.4. The lowest BCUT2D eigenvalue weighted by atomic mass is 10.1. The van der Waals surface area contributed by atoms with E-state index in [1.165, 1.54) is 0 Å². The number of hydrogen-bond donors (Lipinski definition) is 2. The number of methoxy groups -OCH3 is 4. The maximum Gasteiger partial charge on any atom is 0.328 e. The van der Waals surface area contributed by atoms with E-state index in [1.54, 1.807) is 28.4 Å². The third kappa shape index (κ3) is 9.20. The van der Waals surface area contributed by atoms with Crippen molar-refractivity contribution in [1.29, 1.82) is 0 Å². The van der Waals surface area contributed by atoms with Crippen molar-refractivity contribution in [3.63, 3.8) is 0 Å². The Labute approximate surface area is 249 Å². The molecule has 0 unspecified atom stereocenters. The summed E-state index contributed by atoms with van der Waals surface area (Å²) in [5.41, 5.74) is 3.55. The number of pyridine rings is 1. The number of hydrogen-bond acceptors (Lipinski definition) is 9. The number of nitrogens with zero attached hydrogens (tertiary/aromatic N) is 3. The van der Waals surface area contributed by atoms with Crippen LogP contribution in [0.5, 0.6) is 23.0 Å². The van der Waals surface area contributed by atoms with Gasteiger partial charge in [-0.2, -0.15) is 0 Å². The molecule has 2 heterocycles. The Morgan fingerprint density at radius 2 is 1.37 bits per heavy atom. The molecule has 0 radical (unpaired) electrons. The van der Waals surface area contributed by atoms with Crippen LogP contribution in [-0.2, 0) is 16.1 Å². The largest absolute Gasteiger partial charge is 0.497 e. The minimum atomic E-state index is -1.26. The lowest BCUT2D eigenvalue weighted by molar-refractivity contribution is -0.134. The zero-order valence-corrected chi connectivity index (χ0v) is 24.5. The van der Waals surface area contributed by atoms with Crippen LogP contribution in [-0.4, -0.2) is 97.5 Å². The summed E-state index contributed by atoms with van der Waals surface area (Å²) in [5.74, 6) is 0.0192. The highest BCUT2D eigenvalue weighted by Crippen LogP contribution is 2.40. The molecule has 12 heteroatoms. The summed E-state index contributed by atoms with van der Waals surface area (Å²) in [6.45, 7) is 3.78. The molecule has 0 saturated carbocycles. The number of carboxylic acid groups (broad SMARTS) is 2. The van der Waals surface area contributed by atoms with E-state index in [9.17, 15) is 14.4 Å². The van der Waals surface area contributed by atoms with Gasteiger partial charge in [-0.3, -0.25) is 14.7 Å². The van der Waals surface area contributed by atoms with Gasteiger partial charge >= 0.3 is 11.9 Å². The van der Waals surface area contributed by atoms with Crippen molar-refractivity contribution in [2.45, 2.75) is 6.54 Å². The zero-order valence-electron chi connectivity index (χ0n) is 24.5. The van der Waals surface area contributed by atoms with Crippen molar-refractivity contribution in [2.24, 2.45) is 0 Å². The summed E-state index contributed by atoms with van der Waals surface area (Å²) in [5, 5.41) is 15.6. The van der Waals surface area contributed by atoms with Gasteiger partial charge in [0.15, 0.2) is 11.5 Å². The molecule has 1 aliphatic rings. The van der Waals surface area contributed by atoms with E-state index in [-0.39, 0.29) is 5.91 Å². The first-order valence-corrected chi connectivity index (χ1v) is 13.2. The standard InChI is InChI=1S/C27H31N3O5.C4H4O4/c1-32-22-7-5-20(6-8-22)27(31)30-13-11-29(12-14-30)18-19-9-10-28-23(15-19)21-16-24(33-2)26(35-4)25(17-21)34-3;5-3(6)1-2-4(7)8/h5-10,15-17H,11-14,18H2,1-4H3;1-2H,(H,5,6)(H,7,8)/b;2-1-. The average molecular weight is 594 g/mol. The van der Waals surface area contributed by atoms with Crippen LogP contribution in [0.3, 0.4) is 0 Å². The van der Waals surface area contributed by atoms with Crippen LogP contribution in [0.15, 0.2) is 66.9 Å². The number of carbonyl (C=O) groups excluding carboxylic acids is 1. The molecule has 1 aliphatic heterocycles. The summed E-state index contributed by atoms with van der Waals surface area (Å²) >= 11 is 0. The van der Waals surface area contributed by atoms with Gasteiger partial charge in [0, 0.05) is 62.2 Å². The highest BCUT2D eigenvalue weighted by molar-refractivity contribution is 5.94. The third-order valence-corrected chi connectivity index (χ3v) is 6.56. The van der Waals surface area contributed by atoms with Gasteiger partial charge in [0.1, 0.15) is 5.75 Å². The number of amides is 1. The first-order valence-electron chi connectivity index (χ1n) is 13.2. The Kier molecular flexibility index (Phi) is 11.9. The van der Waals surface area contributed by atoms with Crippen molar-refractivity contribution in [2.75, 3.05) is 54.6 Å². The molecule has 2 aromatic carbocycles. The summed E-state index contributed by atoms with van der Waals surface area (Å²) in [6, 6.07) is 15.2. The molecule has 0 spiro atoms. The Balaban J connectivity index is 0.000000557. The summed E-state index contributed by atoms with van der Waals surface area (Å²) in [4.78, 5) is 40.8. The Hall–Kier alpha value is -5.10. The van der Waals surface area contributed by atoms with Gasteiger partial charge in [-0.25, -0.2) is 9.59 Å². The molecule has 1 amide bonds. The molecule has 3 aromatic rings. The van der Waals surface area contributed by atoms with Gasteiger partial charge < -0.3 is 34.1 Å². The monoisotopic (exact) mass is 593 g/mol. The van der Waals surface area contributed by atoms with Crippen LogP contribution in [0.1, 0.15) is 15.9 Å². The Morgan fingerprint density at radius 1 is 0.791 bits per heavy atom. The number of rotatable bonds is 10. The van der Waals surface area contributed by atoms with Crippen LogP contribution in [0.25, 0.3) is 11.3 Å². The van der Waals surface area contributed by atoms with E-state index in [2.05, 4.69) is 16.0 Å². The second-order valence-electron chi connectivity index (χ2n) is 9.27. The van der Waals surface area contributed by atoms with Crippen molar-refractivity contribution < 1.29 is 43.5 Å². The smallest absolute Gasteiger partial charge is 0.328 e. The molecule has 228 valence electrons. The van der Waals surface area contributed by atoms with Gasteiger partial charge in [0.25, 0.3) is 5.91 Å². The molecule has 0 atom stereocenters. The van der Waals surface area contributed by atoms with Gasteiger partial charge in [-0.1, -0.05) is 0 Å². The second kappa shape index (κ2) is 15.8. The topological polar surface area (TPSA) is 148 Å². The highest BCUT2D eigenvalue weighted by atomic mass is 16.5. The number of ether oxygens (including phenoxy) is 4. The predicted molar refractivity (Wildman–Crippen MR) is 158 cm³/mol. The average Bonchev–Trinajstić information content (AvgIpc) is 3.03. The minimum Gasteiger partial charge on any atom is -0.497 e. The number of aliphatic carboxylic acids is 2. The number of aromatic nitrogens is 1. The summed E-state index contributed by atoms with van der Waals surface area (Å²) < 4.78 is 21.6. The Bertz CT molecular complexity index is 1390. The Morgan fingerprint density at radius 3 is 1.86 bits per heavy atom. The molecule has 12 nitrogen and oxygen atoms in total. The van der Waals surface area contributed by atoms with Crippen LogP contribution < -0.4 is 18.9 Å². The second-order valence-corrected chi connectivity index (χ2v) is 9.27. The molecule has 0 aliphatic carbocycles. The van der Waals surface area contributed by atoms with E-state index in [0.717, 1.165) is 42.2 Å². The molecular formula is C31H35N3O9. The maximum atomic E-state index is 12.8. The lowest BCUT2D eigenvalue weighted by Crippen LogP contribution is -2.48. The fourth-order valence-corrected chi connectivity index (χ4v) is 4.39. The number of carbonyl (C=O) groups is 3. The molecule has 0 bridgehead atoms. The van der Waals surface area contributed by atoms with Crippen molar-refractivity contribution >= 4 is 17.8 Å². The molecule has 1 aromatic heterocycles. The number of benzene rings is 2. The van der Waals surface area contributed by atoms with Gasteiger partial charge in [-0.15, -0.1) is 0 Å². The lowest BCUT2D eigenvalue weighted by Gasteiger charge is -2.34. The normalized spacial score (nSPS) is 13.1. The fraction of sp³-hybridized carbons (Fsp3) is 0.290. The van der Waals surface area contributed by atoms with Crippen molar-refractivity contribution in [3.8, 4) is 34.3 Å². The van der Waals surface area contributed by atoms with E-state index >= 15 is 0 Å². The van der Waals surface area contributed by atoms with E-state index in [4.69, 9.17) is 29.2 Å². The van der Waals surface area contributed by atoms with Gasteiger partial charge in [0.05, 0.1) is 34.1 Å².